The molecule has 1 aliphatic rings. The molecule has 1 atom stereocenters. The summed E-state index contributed by atoms with van der Waals surface area (Å²) in [4.78, 5) is 19.2. The number of hydrogen-bond donors (Lipinski definition) is 1. The first-order valence-electron chi connectivity index (χ1n) is 8.88. The molecule has 2 N–H and O–H groups in total. The van der Waals surface area contributed by atoms with Crippen LogP contribution < -0.4 is 10.5 Å². The van der Waals surface area contributed by atoms with Gasteiger partial charge in [-0.3, -0.25) is 4.79 Å². The van der Waals surface area contributed by atoms with Crippen molar-refractivity contribution in [3.63, 3.8) is 0 Å². The highest BCUT2D eigenvalue weighted by atomic mass is 32.1. The first-order chi connectivity index (χ1) is 12.2. The van der Waals surface area contributed by atoms with Gasteiger partial charge in [0.05, 0.1) is 18.7 Å². The molecule has 1 aliphatic heterocycles. The third-order valence-electron chi connectivity index (χ3n) is 4.52. The molecular weight excluding hydrogens is 334 g/mol. The van der Waals surface area contributed by atoms with Gasteiger partial charge >= 0.3 is 0 Å². The molecule has 1 unspecified atom stereocenters. The van der Waals surface area contributed by atoms with Crippen molar-refractivity contribution in [2.45, 2.75) is 38.6 Å². The highest BCUT2D eigenvalue weighted by molar-refractivity contribution is 7.13. The second kappa shape index (κ2) is 8.45. The van der Waals surface area contributed by atoms with E-state index in [1.165, 1.54) is 0 Å². The Morgan fingerprint density at radius 3 is 2.88 bits per heavy atom. The molecule has 1 saturated heterocycles. The Hall–Kier alpha value is -1.92. The van der Waals surface area contributed by atoms with Crippen LogP contribution in [-0.2, 0) is 11.2 Å². The third-order valence-corrected chi connectivity index (χ3v) is 5.46. The van der Waals surface area contributed by atoms with Crippen LogP contribution in [0.2, 0.25) is 0 Å². The van der Waals surface area contributed by atoms with Crippen molar-refractivity contribution in [1.29, 1.82) is 0 Å². The van der Waals surface area contributed by atoms with E-state index >= 15 is 0 Å². The molecule has 0 radical (unpaired) electrons. The highest BCUT2D eigenvalue weighted by Crippen LogP contribution is 2.26. The van der Waals surface area contributed by atoms with E-state index in [9.17, 15) is 4.79 Å². The minimum absolute atomic E-state index is 0.138. The minimum Gasteiger partial charge on any atom is -0.494 e. The normalized spacial score (nSPS) is 17.5. The summed E-state index contributed by atoms with van der Waals surface area (Å²) in [6.07, 6.45) is 3.59. The number of carbonyl (C=O) groups is 1. The van der Waals surface area contributed by atoms with Crippen molar-refractivity contribution in [3.8, 4) is 16.3 Å². The Morgan fingerprint density at radius 2 is 2.16 bits per heavy atom. The van der Waals surface area contributed by atoms with Gasteiger partial charge in [0.1, 0.15) is 10.8 Å². The SMILES string of the molecule is CCOc1ccc(-c2nc(CC(=O)N3CCCCC3CN)cs2)cc1. The first kappa shape index (κ1) is 17.9. The van der Waals surface area contributed by atoms with Crippen LogP contribution in [0.5, 0.6) is 5.75 Å². The van der Waals surface area contributed by atoms with Crippen LogP contribution >= 0.6 is 11.3 Å². The molecule has 3 rings (SSSR count). The van der Waals surface area contributed by atoms with Crippen LogP contribution in [-0.4, -0.2) is 41.5 Å². The van der Waals surface area contributed by atoms with Gasteiger partial charge in [0.15, 0.2) is 0 Å². The lowest BCUT2D eigenvalue weighted by atomic mass is 10.0. The molecule has 5 nitrogen and oxygen atoms in total. The van der Waals surface area contributed by atoms with Gasteiger partial charge in [0.25, 0.3) is 0 Å². The number of rotatable bonds is 6. The van der Waals surface area contributed by atoms with E-state index in [2.05, 4.69) is 4.98 Å². The summed E-state index contributed by atoms with van der Waals surface area (Å²) in [5, 5.41) is 2.91. The van der Waals surface area contributed by atoms with Crippen LogP contribution in [0.1, 0.15) is 31.9 Å². The number of ether oxygens (including phenoxy) is 1. The topological polar surface area (TPSA) is 68.5 Å². The Labute approximate surface area is 152 Å². The van der Waals surface area contributed by atoms with Gasteiger partial charge in [-0.15, -0.1) is 11.3 Å². The van der Waals surface area contributed by atoms with Gasteiger partial charge in [0, 0.05) is 30.1 Å². The molecule has 2 heterocycles. The lowest BCUT2D eigenvalue weighted by Crippen LogP contribution is -2.48. The molecule has 0 aliphatic carbocycles. The van der Waals surface area contributed by atoms with Gasteiger partial charge in [-0.05, 0) is 50.5 Å². The molecule has 1 fully saturated rings. The maximum absolute atomic E-state index is 12.6. The number of amides is 1. The zero-order valence-electron chi connectivity index (χ0n) is 14.6. The third kappa shape index (κ3) is 4.38. The lowest BCUT2D eigenvalue weighted by Gasteiger charge is -2.35. The van der Waals surface area contributed by atoms with Crippen LogP contribution in [0, 0.1) is 0 Å². The zero-order valence-corrected chi connectivity index (χ0v) is 15.4. The average Bonchev–Trinajstić information content (AvgIpc) is 3.11. The Morgan fingerprint density at radius 1 is 1.36 bits per heavy atom. The van der Waals surface area contributed by atoms with E-state index in [1.807, 2.05) is 41.5 Å². The summed E-state index contributed by atoms with van der Waals surface area (Å²) in [7, 11) is 0. The quantitative estimate of drug-likeness (QED) is 0.860. The summed E-state index contributed by atoms with van der Waals surface area (Å²) in [5.41, 5.74) is 7.70. The molecular formula is C19H25N3O2S. The van der Waals surface area contributed by atoms with Gasteiger partial charge < -0.3 is 15.4 Å². The van der Waals surface area contributed by atoms with Crippen molar-refractivity contribution in [1.82, 2.24) is 9.88 Å². The summed E-state index contributed by atoms with van der Waals surface area (Å²) in [5.74, 6) is 0.995. The summed E-state index contributed by atoms with van der Waals surface area (Å²) < 4.78 is 5.46. The molecule has 1 aromatic heterocycles. The number of hydrogen-bond acceptors (Lipinski definition) is 5. The molecule has 1 amide bonds. The first-order valence-corrected chi connectivity index (χ1v) is 9.76. The number of aromatic nitrogens is 1. The van der Waals surface area contributed by atoms with Crippen LogP contribution in [0.3, 0.4) is 0 Å². The fourth-order valence-electron chi connectivity index (χ4n) is 3.21. The fraction of sp³-hybridized carbons (Fsp3) is 0.474. The Bertz CT molecular complexity index is 699. The van der Waals surface area contributed by atoms with E-state index in [4.69, 9.17) is 10.5 Å². The predicted molar refractivity (Wildman–Crippen MR) is 101 cm³/mol. The molecule has 0 bridgehead atoms. The van der Waals surface area contributed by atoms with Crippen molar-refractivity contribution >= 4 is 17.2 Å². The van der Waals surface area contributed by atoms with E-state index in [0.717, 1.165) is 47.8 Å². The minimum atomic E-state index is 0.138. The van der Waals surface area contributed by atoms with Crippen molar-refractivity contribution in [2.75, 3.05) is 19.7 Å². The number of thiazole rings is 1. The highest BCUT2D eigenvalue weighted by Gasteiger charge is 2.26. The van der Waals surface area contributed by atoms with Crippen molar-refractivity contribution < 1.29 is 9.53 Å². The molecule has 25 heavy (non-hydrogen) atoms. The zero-order chi connectivity index (χ0) is 17.6. The number of carbonyl (C=O) groups excluding carboxylic acids is 1. The maximum Gasteiger partial charge on any atom is 0.228 e. The van der Waals surface area contributed by atoms with E-state index < -0.39 is 0 Å². The standard InChI is InChI=1S/C19H25N3O2S/c1-2-24-17-8-6-14(7-9-17)19-21-15(13-25-19)11-18(23)22-10-4-3-5-16(22)12-20/h6-9,13,16H,2-5,10-12,20H2,1H3. The number of nitrogens with two attached hydrogens (primary N) is 1. The molecule has 134 valence electrons. The summed E-state index contributed by atoms with van der Waals surface area (Å²) in [6, 6.07) is 8.09. The monoisotopic (exact) mass is 359 g/mol. The maximum atomic E-state index is 12.6. The number of piperidine rings is 1. The largest absolute Gasteiger partial charge is 0.494 e. The average molecular weight is 359 g/mol. The molecule has 0 spiro atoms. The van der Waals surface area contributed by atoms with Gasteiger partial charge in [-0.1, -0.05) is 0 Å². The van der Waals surface area contributed by atoms with Crippen molar-refractivity contribution in [2.24, 2.45) is 5.73 Å². The molecule has 2 aromatic rings. The van der Waals surface area contributed by atoms with E-state index in [-0.39, 0.29) is 11.9 Å². The van der Waals surface area contributed by atoms with Crippen LogP contribution in [0.4, 0.5) is 0 Å². The molecule has 0 saturated carbocycles. The van der Waals surface area contributed by atoms with Gasteiger partial charge in [-0.25, -0.2) is 4.98 Å². The smallest absolute Gasteiger partial charge is 0.228 e. The number of likely N-dealkylation sites (tertiary alicyclic amines) is 1. The Balaban J connectivity index is 1.65. The van der Waals surface area contributed by atoms with Crippen molar-refractivity contribution in [3.05, 3.63) is 35.3 Å². The molecule has 6 heteroatoms. The van der Waals surface area contributed by atoms with Crippen LogP contribution in [0.15, 0.2) is 29.6 Å². The van der Waals surface area contributed by atoms with Crippen LogP contribution in [0.25, 0.3) is 10.6 Å². The molecule has 1 aromatic carbocycles. The van der Waals surface area contributed by atoms with E-state index in [1.54, 1.807) is 11.3 Å². The van der Waals surface area contributed by atoms with E-state index in [0.29, 0.717) is 19.6 Å². The van der Waals surface area contributed by atoms with Gasteiger partial charge in [0.2, 0.25) is 5.91 Å². The second-order valence-electron chi connectivity index (χ2n) is 6.25. The van der Waals surface area contributed by atoms with Gasteiger partial charge in [-0.2, -0.15) is 0 Å². The second-order valence-corrected chi connectivity index (χ2v) is 7.11. The predicted octanol–water partition coefficient (Wildman–Crippen LogP) is 3.09. The summed E-state index contributed by atoms with van der Waals surface area (Å²) in [6.45, 7) is 3.98. The summed E-state index contributed by atoms with van der Waals surface area (Å²) >= 11 is 1.57. The lowest BCUT2D eigenvalue weighted by molar-refractivity contribution is -0.133. The number of benzene rings is 1. The fourth-order valence-corrected chi connectivity index (χ4v) is 4.04. The Kier molecular flexibility index (Phi) is 6.04. The number of nitrogens with zero attached hydrogens (tertiary/aromatic N) is 2.